The number of hydrogen-bond donors (Lipinski definition) is 3. The number of ether oxygens (including phenoxy) is 1. The third-order valence-corrected chi connectivity index (χ3v) is 4.32. The van der Waals surface area contributed by atoms with Gasteiger partial charge >= 0.3 is 0 Å². The van der Waals surface area contributed by atoms with Gasteiger partial charge in [-0.15, -0.1) is 0 Å². The molecule has 142 valence electrons. The summed E-state index contributed by atoms with van der Waals surface area (Å²) in [6.07, 6.45) is 3.04. The molecule has 1 aliphatic rings. The summed E-state index contributed by atoms with van der Waals surface area (Å²) < 4.78 is 10.6. The number of furan rings is 1. The summed E-state index contributed by atoms with van der Waals surface area (Å²) in [6.45, 7) is 4.71. The van der Waals surface area contributed by atoms with E-state index in [2.05, 4.69) is 10.6 Å². The number of hydrogen-bond acceptors (Lipinski definition) is 4. The van der Waals surface area contributed by atoms with Gasteiger partial charge in [0, 0.05) is 11.6 Å². The quantitative estimate of drug-likeness (QED) is 0.603. The van der Waals surface area contributed by atoms with Gasteiger partial charge < -0.3 is 24.7 Å². The average Bonchev–Trinajstić information content (AvgIpc) is 3.22. The molecule has 3 N–H and O–H groups in total. The first-order chi connectivity index (χ1) is 13.2. The van der Waals surface area contributed by atoms with Gasteiger partial charge in [-0.25, -0.2) is 0 Å². The second kappa shape index (κ2) is 9.70. The second-order valence-electron chi connectivity index (χ2n) is 6.26. The Labute approximate surface area is 158 Å². The number of carbonyl (C=O) groups excluding carboxylic acids is 2. The molecule has 1 aromatic carbocycles. The Balaban J connectivity index is 1.62. The van der Waals surface area contributed by atoms with Crippen molar-refractivity contribution < 1.29 is 23.6 Å². The molecule has 0 spiro atoms. The predicted octanol–water partition coefficient (Wildman–Crippen LogP) is 0.0818. The van der Waals surface area contributed by atoms with Gasteiger partial charge in [0.05, 0.1) is 32.6 Å². The molecule has 1 fully saturated rings. The predicted molar refractivity (Wildman–Crippen MR) is 100.0 cm³/mol. The second-order valence-corrected chi connectivity index (χ2v) is 6.26. The molecule has 27 heavy (non-hydrogen) atoms. The van der Waals surface area contributed by atoms with Crippen LogP contribution in [0.1, 0.15) is 16.1 Å². The van der Waals surface area contributed by atoms with Crippen LogP contribution in [-0.4, -0.2) is 51.2 Å². The molecule has 0 bridgehead atoms. The first kappa shape index (κ1) is 18.9. The SMILES string of the molecule is O=C(NCC[NH+]1CCOCC1)/C(=C/c1ccco1)NC(=O)c1ccccc1. The molecule has 0 aliphatic carbocycles. The van der Waals surface area contributed by atoms with Gasteiger partial charge in [0.1, 0.15) is 24.5 Å². The van der Waals surface area contributed by atoms with Crippen LogP contribution in [0, 0.1) is 0 Å². The van der Waals surface area contributed by atoms with Crippen molar-refractivity contribution in [1.29, 1.82) is 0 Å². The lowest BCUT2D eigenvalue weighted by atomic mass is 10.2. The van der Waals surface area contributed by atoms with Crippen LogP contribution in [0.3, 0.4) is 0 Å². The van der Waals surface area contributed by atoms with Crippen LogP contribution in [0.5, 0.6) is 0 Å². The van der Waals surface area contributed by atoms with Crippen molar-refractivity contribution in [3.63, 3.8) is 0 Å². The normalized spacial score (nSPS) is 15.3. The van der Waals surface area contributed by atoms with Crippen LogP contribution in [0.4, 0.5) is 0 Å². The highest BCUT2D eigenvalue weighted by molar-refractivity contribution is 6.05. The fourth-order valence-corrected chi connectivity index (χ4v) is 2.82. The third-order valence-electron chi connectivity index (χ3n) is 4.32. The van der Waals surface area contributed by atoms with Crippen LogP contribution in [0.25, 0.3) is 6.08 Å². The minimum Gasteiger partial charge on any atom is -0.465 e. The van der Waals surface area contributed by atoms with Crippen molar-refractivity contribution in [2.45, 2.75) is 0 Å². The van der Waals surface area contributed by atoms with Gasteiger partial charge in [0.25, 0.3) is 11.8 Å². The van der Waals surface area contributed by atoms with E-state index in [1.165, 1.54) is 17.2 Å². The fourth-order valence-electron chi connectivity index (χ4n) is 2.82. The van der Waals surface area contributed by atoms with E-state index in [9.17, 15) is 9.59 Å². The summed E-state index contributed by atoms with van der Waals surface area (Å²) >= 11 is 0. The number of nitrogens with one attached hydrogen (secondary N) is 3. The highest BCUT2D eigenvalue weighted by Crippen LogP contribution is 2.07. The largest absolute Gasteiger partial charge is 0.465 e. The lowest BCUT2D eigenvalue weighted by molar-refractivity contribution is -0.906. The third kappa shape index (κ3) is 5.80. The number of morpholine rings is 1. The molecule has 1 saturated heterocycles. The van der Waals surface area contributed by atoms with Gasteiger partial charge in [0.15, 0.2) is 0 Å². The molecule has 1 aliphatic heterocycles. The first-order valence-electron chi connectivity index (χ1n) is 9.03. The summed E-state index contributed by atoms with van der Waals surface area (Å²) in [6, 6.07) is 12.2. The van der Waals surface area contributed by atoms with E-state index in [0.29, 0.717) is 17.9 Å². The molecule has 0 atom stereocenters. The van der Waals surface area contributed by atoms with Crippen molar-refractivity contribution in [3.05, 3.63) is 65.7 Å². The highest BCUT2D eigenvalue weighted by Gasteiger charge is 2.17. The van der Waals surface area contributed by atoms with Crippen LogP contribution in [0.2, 0.25) is 0 Å². The Morgan fingerprint density at radius 1 is 1.07 bits per heavy atom. The van der Waals surface area contributed by atoms with E-state index in [1.807, 2.05) is 6.07 Å². The molecule has 2 amide bonds. The van der Waals surface area contributed by atoms with Gasteiger partial charge in [-0.3, -0.25) is 9.59 Å². The zero-order valence-corrected chi connectivity index (χ0v) is 15.1. The Morgan fingerprint density at radius 2 is 1.85 bits per heavy atom. The number of carbonyl (C=O) groups is 2. The highest BCUT2D eigenvalue weighted by atomic mass is 16.5. The number of rotatable bonds is 7. The topological polar surface area (TPSA) is 85.0 Å². The minimum atomic E-state index is -0.345. The summed E-state index contributed by atoms with van der Waals surface area (Å²) in [5, 5.41) is 5.56. The van der Waals surface area contributed by atoms with E-state index < -0.39 is 0 Å². The van der Waals surface area contributed by atoms with Crippen LogP contribution in [-0.2, 0) is 9.53 Å². The Kier molecular flexibility index (Phi) is 6.78. The molecule has 0 saturated carbocycles. The van der Waals surface area contributed by atoms with Gasteiger partial charge in [-0.1, -0.05) is 18.2 Å². The molecule has 7 heteroatoms. The molecular weight excluding hydrogens is 346 g/mol. The number of benzene rings is 1. The van der Waals surface area contributed by atoms with E-state index >= 15 is 0 Å². The van der Waals surface area contributed by atoms with Crippen LogP contribution >= 0.6 is 0 Å². The van der Waals surface area contributed by atoms with E-state index in [0.717, 1.165) is 32.8 Å². The smallest absolute Gasteiger partial charge is 0.268 e. The number of quaternary nitrogens is 1. The van der Waals surface area contributed by atoms with E-state index in [1.54, 1.807) is 36.4 Å². The molecule has 0 unspecified atom stereocenters. The summed E-state index contributed by atoms with van der Waals surface area (Å²) in [5.41, 5.74) is 0.629. The molecule has 1 aromatic heterocycles. The zero-order chi connectivity index (χ0) is 18.9. The molecule has 7 nitrogen and oxygen atoms in total. The molecule has 3 rings (SSSR count). The Morgan fingerprint density at radius 3 is 2.56 bits per heavy atom. The maximum absolute atomic E-state index is 12.6. The Bertz CT molecular complexity index is 766. The van der Waals surface area contributed by atoms with Crippen molar-refractivity contribution in [2.24, 2.45) is 0 Å². The van der Waals surface area contributed by atoms with Crippen molar-refractivity contribution in [3.8, 4) is 0 Å². The van der Waals surface area contributed by atoms with Gasteiger partial charge in [-0.05, 0) is 24.3 Å². The fraction of sp³-hybridized carbons (Fsp3) is 0.300. The standard InChI is InChI=1S/C20H23N3O4/c24-19(16-5-2-1-3-6-16)22-18(15-17-7-4-12-27-17)20(25)21-8-9-23-10-13-26-14-11-23/h1-7,12,15H,8-11,13-14H2,(H,21,25)(H,22,24)/p+1/b18-15-. The molecule has 2 heterocycles. The van der Waals surface area contributed by atoms with Gasteiger partial charge in [-0.2, -0.15) is 0 Å². The summed E-state index contributed by atoms with van der Waals surface area (Å²) in [7, 11) is 0. The van der Waals surface area contributed by atoms with E-state index in [4.69, 9.17) is 9.15 Å². The van der Waals surface area contributed by atoms with Crippen molar-refractivity contribution >= 4 is 17.9 Å². The van der Waals surface area contributed by atoms with Crippen molar-refractivity contribution in [2.75, 3.05) is 39.4 Å². The zero-order valence-electron chi connectivity index (χ0n) is 15.1. The average molecular weight is 370 g/mol. The number of amides is 2. The lowest BCUT2D eigenvalue weighted by Gasteiger charge is -2.23. The minimum absolute atomic E-state index is 0.149. The molecule has 0 radical (unpaired) electrons. The van der Waals surface area contributed by atoms with Gasteiger partial charge in [0.2, 0.25) is 0 Å². The monoisotopic (exact) mass is 370 g/mol. The summed E-state index contributed by atoms with van der Waals surface area (Å²) in [4.78, 5) is 26.4. The lowest BCUT2D eigenvalue weighted by Crippen LogP contribution is -3.14. The van der Waals surface area contributed by atoms with Crippen LogP contribution < -0.4 is 15.5 Å². The molecular formula is C20H24N3O4+. The van der Waals surface area contributed by atoms with E-state index in [-0.39, 0.29) is 17.5 Å². The maximum atomic E-state index is 12.6. The summed E-state index contributed by atoms with van der Waals surface area (Å²) in [5.74, 6) is -0.196. The Hall–Kier alpha value is -2.90. The van der Waals surface area contributed by atoms with Crippen molar-refractivity contribution in [1.82, 2.24) is 10.6 Å². The molecule has 2 aromatic rings. The van der Waals surface area contributed by atoms with Crippen LogP contribution in [0.15, 0.2) is 58.8 Å². The first-order valence-corrected chi connectivity index (χ1v) is 9.03. The maximum Gasteiger partial charge on any atom is 0.268 e.